The van der Waals surface area contributed by atoms with E-state index in [9.17, 15) is 0 Å². The van der Waals surface area contributed by atoms with Gasteiger partial charge in [0, 0.05) is 26.5 Å². The summed E-state index contributed by atoms with van der Waals surface area (Å²) in [6.45, 7) is 2.98. The third-order valence-electron chi connectivity index (χ3n) is 2.53. The molecule has 0 radical (unpaired) electrons. The van der Waals surface area contributed by atoms with Crippen LogP contribution in [-0.2, 0) is 6.54 Å². The van der Waals surface area contributed by atoms with Gasteiger partial charge in [-0.1, -0.05) is 0 Å². The fourth-order valence-electron chi connectivity index (χ4n) is 1.58. The summed E-state index contributed by atoms with van der Waals surface area (Å²) in [7, 11) is 0. The standard InChI is InChI=1S/C14H13BrN2OS/c1-10-14(15)8-13(19-10)9-17-11-2-4-12(5-3-11)18-7-6-16/h2-5,8,17H,7,9H2,1H3. The number of thiophene rings is 1. The first-order valence-electron chi connectivity index (χ1n) is 5.77. The molecule has 1 aromatic heterocycles. The van der Waals surface area contributed by atoms with Gasteiger partial charge in [0.15, 0.2) is 6.61 Å². The Hall–Kier alpha value is -1.51. The fourth-order valence-corrected chi connectivity index (χ4v) is 3.12. The van der Waals surface area contributed by atoms with E-state index in [1.54, 1.807) is 11.3 Å². The van der Waals surface area contributed by atoms with Crippen molar-refractivity contribution in [1.82, 2.24) is 0 Å². The monoisotopic (exact) mass is 336 g/mol. The highest BCUT2D eigenvalue weighted by Crippen LogP contribution is 2.27. The molecular weight excluding hydrogens is 324 g/mol. The van der Waals surface area contributed by atoms with Crippen LogP contribution < -0.4 is 10.1 Å². The summed E-state index contributed by atoms with van der Waals surface area (Å²) in [5, 5.41) is 11.8. The molecule has 19 heavy (non-hydrogen) atoms. The van der Waals surface area contributed by atoms with Crippen molar-refractivity contribution in [2.24, 2.45) is 0 Å². The highest BCUT2D eigenvalue weighted by molar-refractivity contribution is 9.10. The number of benzene rings is 1. The van der Waals surface area contributed by atoms with E-state index in [1.807, 2.05) is 30.3 Å². The van der Waals surface area contributed by atoms with Crippen molar-refractivity contribution in [2.75, 3.05) is 11.9 Å². The van der Waals surface area contributed by atoms with E-state index in [4.69, 9.17) is 10.00 Å². The van der Waals surface area contributed by atoms with Crippen molar-refractivity contribution in [3.8, 4) is 11.8 Å². The summed E-state index contributed by atoms with van der Waals surface area (Å²) >= 11 is 5.29. The number of ether oxygens (including phenoxy) is 1. The molecule has 0 saturated carbocycles. The molecular formula is C14H13BrN2OS. The van der Waals surface area contributed by atoms with Gasteiger partial charge < -0.3 is 10.1 Å². The van der Waals surface area contributed by atoms with Crippen molar-refractivity contribution in [2.45, 2.75) is 13.5 Å². The summed E-state index contributed by atoms with van der Waals surface area (Å²) in [5.41, 5.74) is 1.03. The maximum absolute atomic E-state index is 8.43. The van der Waals surface area contributed by atoms with Crippen LogP contribution in [0.2, 0.25) is 0 Å². The molecule has 0 aliphatic heterocycles. The molecule has 0 saturated heterocycles. The van der Waals surface area contributed by atoms with Crippen molar-refractivity contribution < 1.29 is 4.74 Å². The molecule has 0 fully saturated rings. The van der Waals surface area contributed by atoms with Crippen LogP contribution in [0, 0.1) is 18.3 Å². The number of rotatable bonds is 5. The average Bonchev–Trinajstić information content (AvgIpc) is 2.74. The van der Waals surface area contributed by atoms with Gasteiger partial charge in [-0.05, 0) is 53.2 Å². The Morgan fingerprint density at radius 1 is 1.37 bits per heavy atom. The molecule has 98 valence electrons. The quantitative estimate of drug-likeness (QED) is 0.883. The van der Waals surface area contributed by atoms with Gasteiger partial charge in [-0.25, -0.2) is 0 Å². The second-order valence-electron chi connectivity index (χ2n) is 3.94. The minimum absolute atomic E-state index is 0.0786. The van der Waals surface area contributed by atoms with Gasteiger partial charge >= 0.3 is 0 Å². The van der Waals surface area contributed by atoms with Crippen LogP contribution in [0.25, 0.3) is 0 Å². The van der Waals surface area contributed by atoms with Gasteiger partial charge in [0.2, 0.25) is 0 Å². The van der Waals surface area contributed by atoms with Gasteiger partial charge in [0.25, 0.3) is 0 Å². The first kappa shape index (κ1) is 13.9. The molecule has 0 aliphatic rings. The Balaban J connectivity index is 1.91. The smallest absolute Gasteiger partial charge is 0.174 e. The Labute approximate surface area is 125 Å². The van der Waals surface area contributed by atoms with E-state index < -0.39 is 0 Å². The zero-order valence-electron chi connectivity index (χ0n) is 10.4. The predicted molar refractivity (Wildman–Crippen MR) is 81.6 cm³/mol. The maximum Gasteiger partial charge on any atom is 0.174 e. The number of hydrogen-bond acceptors (Lipinski definition) is 4. The average molecular weight is 337 g/mol. The molecule has 1 N–H and O–H groups in total. The Bertz CT molecular complexity index is 567. The van der Waals surface area contributed by atoms with E-state index in [1.165, 1.54) is 9.75 Å². The zero-order chi connectivity index (χ0) is 13.7. The number of nitrogens with one attached hydrogen (secondary N) is 1. The fraction of sp³-hybridized carbons (Fsp3) is 0.214. The highest BCUT2D eigenvalue weighted by atomic mass is 79.9. The van der Waals surface area contributed by atoms with Gasteiger partial charge in [0.1, 0.15) is 11.8 Å². The topological polar surface area (TPSA) is 45.0 Å². The second-order valence-corrected chi connectivity index (χ2v) is 6.14. The van der Waals surface area contributed by atoms with E-state index in [2.05, 4.69) is 34.2 Å². The lowest BCUT2D eigenvalue weighted by Crippen LogP contribution is -1.98. The lowest BCUT2D eigenvalue weighted by atomic mass is 10.3. The SMILES string of the molecule is Cc1sc(CNc2ccc(OCC#N)cc2)cc1Br. The van der Waals surface area contributed by atoms with Crippen LogP contribution in [0.4, 0.5) is 5.69 Å². The summed E-state index contributed by atoms with van der Waals surface area (Å²) in [5.74, 6) is 0.710. The molecule has 3 nitrogen and oxygen atoms in total. The van der Waals surface area contributed by atoms with Gasteiger partial charge in [-0.2, -0.15) is 5.26 Å². The number of hydrogen-bond donors (Lipinski definition) is 1. The molecule has 2 aromatic rings. The summed E-state index contributed by atoms with van der Waals surface area (Å²) in [4.78, 5) is 2.58. The molecule has 0 aliphatic carbocycles. The van der Waals surface area contributed by atoms with E-state index in [-0.39, 0.29) is 6.61 Å². The molecule has 0 amide bonds. The van der Waals surface area contributed by atoms with Crippen LogP contribution in [0.5, 0.6) is 5.75 Å². The van der Waals surface area contributed by atoms with Crippen LogP contribution in [0.1, 0.15) is 9.75 Å². The van der Waals surface area contributed by atoms with Crippen LogP contribution in [0.15, 0.2) is 34.8 Å². The molecule has 0 unspecified atom stereocenters. The lowest BCUT2D eigenvalue weighted by molar-refractivity contribution is 0.368. The lowest BCUT2D eigenvalue weighted by Gasteiger charge is -2.06. The normalized spacial score (nSPS) is 9.95. The molecule has 0 spiro atoms. The number of halogens is 1. The Kier molecular flexibility index (Phi) is 4.83. The minimum Gasteiger partial charge on any atom is -0.479 e. The predicted octanol–water partition coefficient (Wildman–Crippen LogP) is 4.33. The number of nitrogens with zero attached hydrogens (tertiary/aromatic N) is 1. The molecule has 0 bridgehead atoms. The highest BCUT2D eigenvalue weighted by Gasteiger charge is 2.02. The third kappa shape index (κ3) is 3.98. The van der Waals surface area contributed by atoms with Crippen molar-refractivity contribution in [3.63, 3.8) is 0 Å². The molecule has 1 aromatic carbocycles. The molecule has 0 atom stereocenters. The zero-order valence-corrected chi connectivity index (χ0v) is 12.8. The largest absolute Gasteiger partial charge is 0.479 e. The van der Waals surface area contributed by atoms with Crippen LogP contribution in [0.3, 0.4) is 0 Å². The molecule has 2 rings (SSSR count). The number of nitriles is 1. The Morgan fingerprint density at radius 3 is 2.68 bits per heavy atom. The van der Waals surface area contributed by atoms with Crippen LogP contribution in [-0.4, -0.2) is 6.61 Å². The molecule has 5 heteroatoms. The van der Waals surface area contributed by atoms with E-state index >= 15 is 0 Å². The summed E-state index contributed by atoms with van der Waals surface area (Å²) in [6.07, 6.45) is 0. The van der Waals surface area contributed by atoms with Gasteiger partial charge in [-0.3, -0.25) is 0 Å². The molecule has 1 heterocycles. The van der Waals surface area contributed by atoms with Gasteiger partial charge in [-0.15, -0.1) is 11.3 Å². The van der Waals surface area contributed by atoms with Crippen molar-refractivity contribution in [1.29, 1.82) is 5.26 Å². The van der Waals surface area contributed by atoms with Gasteiger partial charge in [0.05, 0.1) is 0 Å². The van der Waals surface area contributed by atoms with Crippen molar-refractivity contribution >= 4 is 33.0 Å². The maximum atomic E-state index is 8.43. The summed E-state index contributed by atoms with van der Waals surface area (Å²) in [6, 6.07) is 11.7. The first-order chi connectivity index (χ1) is 9.19. The number of anilines is 1. The Morgan fingerprint density at radius 2 is 2.11 bits per heavy atom. The minimum atomic E-state index is 0.0786. The van der Waals surface area contributed by atoms with E-state index in [0.717, 1.165) is 16.7 Å². The second kappa shape index (κ2) is 6.60. The first-order valence-corrected chi connectivity index (χ1v) is 7.38. The third-order valence-corrected chi connectivity index (χ3v) is 4.67. The number of aryl methyl sites for hydroxylation is 1. The van der Waals surface area contributed by atoms with Crippen LogP contribution >= 0.6 is 27.3 Å². The summed E-state index contributed by atoms with van der Waals surface area (Å²) < 4.78 is 6.36. The van der Waals surface area contributed by atoms with E-state index in [0.29, 0.717) is 5.75 Å². The van der Waals surface area contributed by atoms with Crippen molar-refractivity contribution in [3.05, 3.63) is 44.6 Å².